The van der Waals surface area contributed by atoms with Gasteiger partial charge in [0.15, 0.2) is 0 Å². The van der Waals surface area contributed by atoms with E-state index in [-0.39, 0.29) is 6.42 Å². The van der Waals surface area contributed by atoms with Gasteiger partial charge in [-0.3, -0.25) is 9.59 Å². The highest BCUT2D eigenvalue weighted by Crippen LogP contribution is 1.93. The van der Waals surface area contributed by atoms with E-state index in [0.29, 0.717) is 32.1 Å². The molecule has 0 aromatic heterocycles. The second-order valence-corrected chi connectivity index (χ2v) is 4.32. The molecule has 17 heavy (non-hydrogen) atoms. The first-order chi connectivity index (χ1) is 7.93. The molecule has 100 valence electrons. The summed E-state index contributed by atoms with van der Waals surface area (Å²) in [6.45, 7) is 5.85. The van der Waals surface area contributed by atoms with Crippen molar-refractivity contribution < 1.29 is 19.4 Å². The molecule has 4 N–H and O–H groups in total. The summed E-state index contributed by atoms with van der Waals surface area (Å²) in [6.07, 6.45) is 0.341. The monoisotopic (exact) mass is 246 g/mol. The van der Waals surface area contributed by atoms with E-state index in [2.05, 4.69) is 19.2 Å². The van der Waals surface area contributed by atoms with Gasteiger partial charge in [-0.05, 0) is 12.3 Å². The molecular formula is C11H22N2O4. The number of rotatable bonds is 9. The lowest BCUT2D eigenvalue weighted by atomic mass is 10.2. The van der Waals surface area contributed by atoms with Gasteiger partial charge in [0.25, 0.3) is 0 Å². The van der Waals surface area contributed by atoms with Gasteiger partial charge in [-0.15, -0.1) is 0 Å². The molecule has 0 spiro atoms. The molecule has 0 fully saturated rings. The van der Waals surface area contributed by atoms with E-state index >= 15 is 0 Å². The number of amides is 1. The summed E-state index contributed by atoms with van der Waals surface area (Å²) in [7, 11) is 0. The van der Waals surface area contributed by atoms with E-state index < -0.39 is 17.9 Å². The predicted octanol–water partition coefficient (Wildman–Crippen LogP) is -0.0327. The Bertz CT molecular complexity index is 244. The van der Waals surface area contributed by atoms with Crippen LogP contribution >= 0.6 is 0 Å². The summed E-state index contributed by atoms with van der Waals surface area (Å²) in [4.78, 5) is 21.6. The van der Waals surface area contributed by atoms with Crippen molar-refractivity contribution in [3.05, 3.63) is 0 Å². The van der Waals surface area contributed by atoms with Crippen molar-refractivity contribution in [3.8, 4) is 0 Å². The van der Waals surface area contributed by atoms with Crippen LogP contribution in [0.1, 0.15) is 26.7 Å². The number of carbonyl (C=O) groups excluding carboxylic acids is 1. The van der Waals surface area contributed by atoms with Crippen LogP contribution in [-0.4, -0.2) is 42.8 Å². The maximum atomic E-state index is 11.3. The Kier molecular flexibility index (Phi) is 8.35. The molecular weight excluding hydrogens is 224 g/mol. The van der Waals surface area contributed by atoms with Crippen molar-refractivity contribution in [1.82, 2.24) is 5.32 Å². The molecule has 1 amide bonds. The number of nitrogens with two attached hydrogens (primary N) is 1. The van der Waals surface area contributed by atoms with Crippen molar-refractivity contribution in [2.24, 2.45) is 11.7 Å². The predicted molar refractivity (Wildman–Crippen MR) is 63.5 cm³/mol. The second-order valence-electron chi connectivity index (χ2n) is 4.32. The zero-order valence-corrected chi connectivity index (χ0v) is 10.4. The Morgan fingerprint density at radius 1 is 1.41 bits per heavy atom. The summed E-state index contributed by atoms with van der Waals surface area (Å²) in [6, 6.07) is -0.982. The number of carboxylic acids is 1. The number of hydrogen-bond acceptors (Lipinski definition) is 4. The number of carboxylic acid groups (broad SMARTS) is 1. The number of nitrogens with one attached hydrogen (secondary N) is 1. The third-order valence-electron chi connectivity index (χ3n) is 1.95. The van der Waals surface area contributed by atoms with Gasteiger partial charge in [0.2, 0.25) is 5.91 Å². The number of ether oxygens (including phenoxy) is 1. The first-order valence-electron chi connectivity index (χ1n) is 5.76. The molecule has 0 aliphatic heterocycles. The second kappa shape index (κ2) is 8.95. The molecule has 0 aliphatic rings. The van der Waals surface area contributed by atoms with E-state index in [1.165, 1.54) is 0 Å². The van der Waals surface area contributed by atoms with Gasteiger partial charge in [-0.25, -0.2) is 0 Å². The fraction of sp³-hybridized carbons (Fsp3) is 0.818. The third kappa shape index (κ3) is 9.77. The average Bonchev–Trinajstić information content (AvgIpc) is 2.21. The van der Waals surface area contributed by atoms with E-state index in [1.54, 1.807) is 0 Å². The molecule has 0 radical (unpaired) electrons. The lowest BCUT2D eigenvalue weighted by molar-refractivity contribution is -0.139. The summed E-state index contributed by atoms with van der Waals surface area (Å²) in [5, 5.41) is 11.0. The smallest absolute Gasteiger partial charge is 0.305 e. The number of hydrogen-bond donors (Lipinski definition) is 3. The van der Waals surface area contributed by atoms with Gasteiger partial charge in [-0.2, -0.15) is 0 Å². The van der Waals surface area contributed by atoms with Gasteiger partial charge < -0.3 is 20.9 Å². The SMILES string of the molecule is CC(C)COCCCNC(=O)C(N)CC(=O)O. The molecule has 0 aromatic carbocycles. The van der Waals surface area contributed by atoms with Crippen LogP contribution in [0.4, 0.5) is 0 Å². The first-order valence-corrected chi connectivity index (χ1v) is 5.76. The Balaban J connectivity index is 3.48. The molecule has 0 aliphatic carbocycles. The van der Waals surface area contributed by atoms with Crippen molar-refractivity contribution in [2.75, 3.05) is 19.8 Å². The largest absolute Gasteiger partial charge is 0.481 e. The topological polar surface area (TPSA) is 102 Å². The Morgan fingerprint density at radius 3 is 2.59 bits per heavy atom. The molecule has 0 saturated carbocycles. The maximum Gasteiger partial charge on any atom is 0.305 e. The molecule has 0 bridgehead atoms. The highest BCUT2D eigenvalue weighted by atomic mass is 16.5. The fourth-order valence-corrected chi connectivity index (χ4v) is 1.12. The molecule has 0 aromatic rings. The summed E-state index contributed by atoms with van der Waals surface area (Å²) in [5.74, 6) is -1.02. The lowest BCUT2D eigenvalue weighted by Gasteiger charge is -2.10. The minimum absolute atomic E-state index is 0.352. The van der Waals surface area contributed by atoms with Crippen LogP contribution in [0.15, 0.2) is 0 Å². The maximum absolute atomic E-state index is 11.3. The van der Waals surface area contributed by atoms with Crippen LogP contribution < -0.4 is 11.1 Å². The fourth-order valence-electron chi connectivity index (χ4n) is 1.12. The summed E-state index contributed by atoms with van der Waals surface area (Å²) >= 11 is 0. The number of carbonyl (C=O) groups is 2. The van der Waals surface area contributed by atoms with Crippen LogP contribution in [0.5, 0.6) is 0 Å². The van der Waals surface area contributed by atoms with Gasteiger partial charge in [0.05, 0.1) is 12.5 Å². The lowest BCUT2D eigenvalue weighted by Crippen LogP contribution is -2.42. The molecule has 1 unspecified atom stereocenters. The quantitative estimate of drug-likeness (QED) is 0.496. The van der Waals surface area contributed by atoms with Crippen LogP contribution in [0.3, 0.4) is 0 Å². The minimum atomic E-state index is -1.08. The standard InChI is InChI=1S/C11H22N2O4/c1-8(2)7-17-5-3-4-13-11(16)9(12)6-10(14)15/h8-9H,3-7,12H2,1-2H3,(H,13,16)(H,14,15). The van der Waals surface area contributed by atoms with E-state index in [0.717, 1.165) is 0 Å². The molecule has 6 nitrogen and oxygen atoms in total. The van der Waals surface area contributed by atoms with Gasteiger partial charge in [0.1, 0.15) is 0 Å². The molecule has 6 heteroatoms. The zero-order chi connectivity index (χ0) is 13.3. The van der Waals surface area contributed by atoms with Crippen molar-refractivity contribution in [3.63, 3.8) is 0 Å². The van der Waals surface area contributed by atoms with Crippen molar-refractivity contribution >= 4 is 11.9 Å². The van der Waals surface area contributed by atoms with Crippen LogP contribution in [0.25, 0.3) is 0 Å². The van der Waals surface area contributed by atoms with E-state index in [9.17, 15) is 9.59 Å². The minimum Gasteiger partial charge on any atom is -0.481 e. The van der Waals surface area contributed by atoms with Crippen LogP contribution in [-0.2, 0) is 14.3 Å². The van der Waals surface area contributed by atoms with E-state index in [4.69, 9.17) is 15.6 Å². The Labute approximate surface area is 102 Å². The molecule has 1 atom stereocenters. The zero-order valence-electron chi connectivity index (χ0n) is 10.4. The van der Waals surface area contributed by atoms with Gasteiger partial charge >= 0.3 is 5.97 Å². The van der Waals surface area contributed by atoms with Crippen LogP contribution in [0, 0.1) is 5.92 Å². The molecule has 0 rings (SSSR count). The first kappa shape index (κ1) is 15.9. The molecule has 0 saturated heterocycles. The third-order valence-corrected chi connectivity index (χ3v) is 1.95. The van der Waals surface area contributed by atoms with Gasteiger partial charge in [0, 0.05) is 19.8 Å². The van der Waals surface area contributed by atoms with E-state index in [1.807, 2.05) is 0 Å². The average molecular weight is 246 g/mol. The van der Waals surface area contributed by atoms with Crippen molar-refractivity contribution in [2.45, 2.75) is 32.7 Å². The Morgan fingerprint density at radius 2 is 2.06 bits per heavy atom. The normalized spacial score (nSPS) is 12.5. The Hall–Kier alpha value is -1.14. The van der Waals surface area contributed by atoms with Crippen molar-refractivity contribution in [1.29, 1.82) is 0 Å². The highest BCUT2D eigenvalue weighted by Gasteiger charge is 2.15. The summed E-state index contributed by atoms with van der Waals surface area (Å²) in [5.41, 5.74) is 5.37. The highest BCUT2D eigenvalue weighted by molar-refractivity contribution is 5.85. The number of aliphatic carboxylic acids is 1. The van der Waals surface area contributed by atoms with Crippen LogP contribution in [0.2, 0.25) is 0 Å². The summed E-state index contributed by atoms with van der Waals surface area (Å²) < 4.78 is 5.33. The molecule has 0 heterocycles. The van der Waals surface area contributed by atoms with Gasteiger partial charge in [-0.1, -0.05) is 13.8 Å².